The smallest absolute Gasteiger partial charge is 0.407 e. The molecule has 0 spiro atoms. The van der Waals surface area contributed by atoms with Gasteiger partial charge in [-0.1, -0.05) is 26.0 Å². The van der Waals surface area contributed by atoms with Gasteiger partial charge in [0.15, 0.2) is 17.8 Å². The van der Waals surface area contributed by atoms with Crippen LogP contribution in [0.25, 0.3) is 0 Å². The number of amides is 1. The number of sulfonamides is 1. The van der Waals surface area contributed by atoms with E-state index in [0.717, 1.165) is 15.0 Å². The van der Waals surface area contributed by atoms with Gasteiger partial charge >= 0.3 is 6.09 Å². The fraction of sp³-hybridized carbons (Fsp3) is 0.515. The van der Waals surface area contributed by atoms with Gasteiger partial charge in [0, 0.05) is 30.5 Å². The lowest BCUT2D eigenvalue weighted by Gasteiger charge is -2.39. The Morgan fingerprint density at radius 2 is 1.92 bits per heavy atom. The van der Waals surface area contributed by atoms with Gasteiger partial charge in [-0.2, -0.15) is 4.31 Å². The predicted octanol–water partition coefficient (Wildman–Crippen LogP) is 4.12. The first kappa shape index (κ1) is 31.8. The molecule has 6 rings (SSSR count). The normalized spacial score (nSPS) is 23.1. The molecule has 260 valence electrons. The van der Waals surface area contributed by atoms with Crippen LogP contribution in [0.2, 0.25) is 0 Å². The highest BCUT2D eigenvalue weighted by Gasteiger charge is 2.49. The monoisotopic (exact) mass is 705 g/mol. The Balaban J connectivity index is 1.27. The van der Waals surface area contributed by atoms with Crippen LogP contribution in [0, 0.1) is 18.8 Å². The fourth-order valence-corrected chi connectivity index (χ4v) is 8.59. The maximum absolute atomic E-state index is 14.1. The van der Waals surface area contributed by atoms with Crippen molar-refractivity contribution in [2.45, 2.75) is 69.6 Å². The molecule has 2 fully saturated rings. The second-order valence-corrected chi connectivity index (χ2v) is 15.5. The van der Waals surface area contributed by atoms with Crippen molar-refractivity contribution in [3.05, 3.63) is 64.1 Å². The van der Waals surface area contributed by atoms with Crippen molar-refractivity contribution >= 4 is 27.5 Å². The van der Waals surface area contributed by atoms with Gasteiger partial charge < -0.3 is 33.9 Å². The van der Waals surface area contributed by atoms with Crippen LogP contribution in [-0.4, -0.2) is 96.4 Å². The van der Waals surface area contributed by atoms with Gasteiger partial charge in [-0.05, 0) is 55.5 Å². The molecule has 5 atom stereocenters. The Hall–Kier alpha value is -3.47. The number of nitrogens with zero attached hydrogens (tertiary/aromatic N) is 3. The fourth-order valence-electron chi connectivity index (χ4n) is 6.35. The molecule has 15 heteroatoms. The van der Waals surface area contributed by atoms with Crippen LogP contribution in [0.4, 0.5) is 4.79 Å². The number of carboxylic acid groups (broad SMARTS) is 1. The molecule has 1 aromatic heterocycles. The largest absolute Gasteiger partial charge is 0.487 e. The van der Waals surface area contributed by atoms with E-state index in [1.807, 2.05) is 26.2 Å². The molecule has 2 saturated heterocycles. The minimum atomic E-state index is -4.29. The number of ether oxygens (including phenoxy) is 5. The van der Waals surface area contributed by atoms with Crippen LogP contribution in [0.1, 0.15) is 39.3 Å². The number of benzene rings is 2. The van der Waals surface area contributed by atoms with E-state index >= 15 is 0 Å². The molecule has 1 amide bonds. The van der Waals surface area contributed by atoms with Crippen molar-refractivity contribution in [1.82, 2.24) is 14.2 Å². The molecule has 0 aliphatic carbocycles. The number of fused-ring (bicyclic) bond motifs is 2. The summed E-state index contributed by atoms with van der Waals surface area (Å²) in [6, 6.07) is 9.21. The number of aromatic nitrogens is 1. The molecule has 2 aromatic carbocycles. The third-order valence-electron chi connectivity index (χ3n) is 8.63. The van der Waals surface area contributed by atoms with Gasteiger partial charge in [0.2, 0.25) is 16.8 Å². The summed E-state index contributed by atoms with van der Waals surface area (Å²) in [5, 5.41) is 25.5. The average Bonchev–Trinajstić information content (AvgIpc) is 3.83. The predicted molar refractivity (Wildman–Crippen MR) is 175 cm³/mol. The summed E-state index contributed by atoms with van der Waals surface area (Å²) >= 11 is 1.53. The maximum atomic E-state index is 14.1. The molecular weight excluding hydrogens is 663 g/mol. The number of rotatable bonds is 14. The van der Waals surface area contributed by atoms with Crippen molar-refractivity contribution in [1.29, 1.82) is 0 Å². The lowest BCUT2D eigenvalue weighted by Crippen LogP contribution is -2.57. The number of aliphatic hydroxyl groups is 1. The molecule has 3 aliphatic rings. The highest BCUT2D eigenvalue weighted by atomic mass is 32.2. The van der Waals surface area contributed by atoms with Gasteiger partial charge in [0.1, 0.15) is 15.1 Å². The second kappa shape index (κ2) is 14.6. The first-order valence-electron chi connectivity index (χ1n) is 16.8. The van der Waals surface area contributed by atoms with E-state index in [4.69, 9.17) is 26.4 Å². The van der Waals surface area contributed by atoms with E-state index in [9.17, 15) is 23.4 Å². The first-order valence-corrected chi connectivity index (χ1v) is 18.1. The lowest BCUT2D eigenvalue weighted by atomic mass is 9.93. The van der Waals surface area contributed by atoms with E-state index in [1.54, 1.807) is 24.3 Å². The Kier molecular flexibility index (Phi) is 9.64. The summed E-state index contributed by atoms with van der Waals surface area (Å²) in [7, 11) is -4.29. The van der Waals surface area contributed by atoms with Gasteiger partial charge in [0.25, 0.3) is 0 Å². The van der Waals surface area contributed by atoms with Crippen molar-refractivity contribution in [2.24, 2.45) is 11.8 Å². The summed E-state index contributed by atoms with van der Waals surface area (Å²) < 4.78 is 72.3. The molecule has 48 heavy (non-hydrogen) atoms. The summed E-state index contributed by atoms with van der Waals surface area (Å²) in [6.45, 7) is 3.53. The Morgan fingerprint density at radius 1 is 1.15 bits per heavy atom. The zero-order valence-electron chi connectivity index (χ0n) is 28.9. The highest BCUT2D eigenvalue weighted by molar-refractivity contribution is 7.89. The molecule has 2 N–H and O–H groups in total. The first-order chi connectivity index (χ1) is 23.7. The molecule has 0 saturated carbocycles. The SMILES string of the molecule is [2H]C1([2H])Oc2ccc(S(=O)(=O)N(CC(C)C)C[C@@H](O)[C@H](Cc3ccc(OCc4csc(C)n4)cc3)N(C(=O)O)[C@H]3CO[C@H]4OCC[C@H]43)cc2O1. The Morgan fingerprint density at radius 3 is 2.62 bits per heavy atom. The molecule has 13 nitrogen and oxygen atoms in total. The minimum Gasteiger partial charge on any atom is -0.487 e. The molecule has 0 unspecified atom stereocenters. The van der Waals surface area contributed by atoms with E-state index in [1.165, 1.54) is 34.4 Å². The average molecular weight is 706 g/mol. The van der Waals surface area contributed by atoms with E-state index < -0.39 is 53.9 Å². The Bertz CT molecular complexity index is 1780. The third kappa shape index (κ3) is 7.56. The van der Waals surface area contributed by atoms with E-state index in [0.29, 0.717) is 30.9 Å². The van der Waals surface area contributed by atoms with E-state index in [-0.39, 0.29) is 47.8 Å². The van der Waals surface area contributed by atoms with Crippen LogP contribution in [0.15, 0.2) is 52.7 Å². The molecular formula is C33H41N3O10S2. The second-order valence-electron chi connectivity index (χ2n) is 12.5. The minimum absolute atomic E-state index is 0.0179. The maximum Gasteiger partial charge on any atom is 0.407 e. The molecule has 0 radical (unpaired) electrons. The summed E-state index contributed by atoms with van der Waals surface area (Å²) in [4.78, 5) is 18.5. The van der Waals surface area contributed by atoms with Crippen LogP contribution in [0.3, 0.4) is 0 Å². The lowest BCUT2D eigenvalue weighted by molar-refractivity contribution is -0.0906. The topological polar surface area (TPSA) is 157 Å². The van der Waals surface area contributed by atoms with Gasteiger partial charge in [-0.25, -0.2) is 18.2 Å². The third-order valence-corrected chi connectivity index (χ3v) is 11.3. The quantitative estimate of drug-likeness (QED) is 0.249. The zero-order chi connectivity index (χ0) is 35.8. The number of hydrogen-bond donors (Lipinski definition) is 2. The van der Waals surface area contributed by atoms with Crippen molar-refractivity contribution in [3.63, 3.8) is 0 Å². The Labute approximate surface area is 286 Å². The van der Waals surface area contributed by atoms with E-state index in [2.05, 4.69) is 4.98 Å². The number of carbonyl (C=O) groups is 1. The van der Waals surface area contributed by atoms with Crippen molar-refractivity contribution in [2.75, 3.05) is 33.0 Å². The summed E-state index contributed by atoms with van der Waals surface area (Å²) in [6.07, 6.45) is -2.62. The number of aryl methyl sites for hydroxylation is 1. The number of hydrogen-bond acceptors (Lipinski definition) is 11. The molecule has 3 aromatic rings. The zero-order valence-corrected chi connectivity index (χ0v) is 28.5. The standard InChI is InChI=1S/C33H41N3O10S2/c1-20(2)14-35(48(40,41)25-8-9-30-31(13-25)46-19-45-30)15-29(37)27(36(33(38)39)28-17-44-32-26(28)10-11-42-32)12-22-4-6-24(7-5-22)43-16-23-18-47-21(3)34-23/h4-9,13,18,20,26-29,32,37H,10-12,14-17,19H2,1-3H3,(H,38,39)/t26-,27-,28-,29+,32+/m0/s1/i19D2. The van der Waals surface area contributed by atoms with Crippen LogP contribution in [0.5, 0.6) is 17.2 Å². The summed E-state index contributed by atoms with van der Waals surface area (Å²) in [5.74, 6) is 0.183. The molecule has 4 heterocycles. The molecule has 3 aliphatic heterocycles. The summed E-state index contributed by atoms with van der Waals surface area (Å²) in [5.41, 5.74) is 1.52. The number of thiazole rings is 1. The van der Waals surface area contributed by atoms with Gasteiger partial charge in [-0.3, -0.25) is 4.90 Å². The van der Waals surface area contributed by atoms with Crippen LogP contribution >= 0.6 is 11.3 Å². The number of aliphatic hydroxyl groups excluding tert-OH is 1. The van der Waals surface area contributed by atoms with Crippen LogP contribution in [-0.2, 0) is 32.5 Å². The van der Waals surface area contributed by atoms with Gasteiger partial charge in [0.05, 0.1) is 47.0 Å². The van der Waals surface area contributed by atoms with Crippen molar-refractivity contribution < 1.29 is 49.9 Å². The van der Waals surface area contributed by atoms with Gasteiger partial charge in [-0.15, -0.1) is 11.3 Å². The molecule has 0 bridgehead atoms. The highest BCUT2D eigenvalue weighted by Crippen LogP contribution is 2.37. The van der Waals surface area contributed by atoms with Crippen molar-refractivity contribution in [3.8, 4) is 17.2 Å². The van der Waals surface area contributed by atoms with Crippen LogP contribution < -0.4 is 14.2 Å².